The van der Waals surface area contributed by atoms with Crippen molar-refractivity contribution in [2.75, 3.05) is 6.54 Å². The minimum atomic E-state index is 1.07. The van der Waals surface area contributed by atoms with Crippen molar-refractivity contribution in [1.82, 2.24) is 0 Å². The predicted molar refractivity (Wildman–Crippen MR) is 242 cm³/mol. The van der Waals surface area contributed by atoms with Crippen molar-refractivity contribution in [3.8, 4) is 0 Å². The second-order valence-corrected chi connectivity index (χ2v) is 17.4. The van der Waals surface area contributed by atoms with Crippen molar-refractivity contribution in [2.24, 2.45) is 4.99 Å². The van der Waals surface area contributed by atoms with Crippen LogP contribution in [0.4, 0.5) is 0 Å². The predicted octanol–water partition coefficient (Wildman–Crippen LogP) is 19.4. The number of unbranched alkanes of at least 4 members (excludes halogenated alkanes) is 45. The molecule has 0 aromatic rings. The van der Waals surface area contributed by atoms with E-state index in [4.69, 9.17) is 4.99 Å². The fraction of sp³-hybridized carbons (Fsp3) is 0.980. The quantitative estimate of drug-likeness (QED) is 0.0437. The van der Waals surface area contributed by atoms with E-state index in [0.717, 1.165) is 6.54 Å². The summed E-state index contributed by atoms with van der Waals surface area (Å²) in [6.45, 7) is 5.69. The topological polar surface area (TPSA) is 12.4 Å². The number of rotatable bonds is 48. The Hall–Kier alpha value is -0.330. The van der Waals surface area contributed by atoms with Gasteiger partial charge >= 0.3 is 0 Å². The van der Waals surface area contributed by atoms with Crippen LogP contribution in [0.2, 0.25) is 0 Å². The largest absolute Gasteiger partial charge is 0.298 e. The molecule has 1 nitrogen and oxygen atoms in total. The monoisotopic (exact) mass is 730 g/mol. The number of hydrogen-bond acceptors (Lipinski definition) is 1. The zero-order chi connectivity index (χ0) is 37.4. The lowest BCUT2D eigenvalue weighted by Crippen LogP contribution is -1.86. The molecule has 0 saturated heterocycles. The van der Waals surface area contributed by atoms with Crippen LogP contribution >= 0.6 is 0 Å². The summed E-state index contributed by atoms with van der Waals surface area (Å²) < 4.78 is 0. The zero-order valence-corrected chi connectivity index (χ0v) is 37.0. The summed E-state index contributed by atoms with van der Waals surface area (Å²) >= 11 is 0. The van der Waals surface area contributed by atoms with E-state index < -0.39 is 0 Å². The molecule has 312 valence electrons. The van der Waals surface area contributed by atoms with Crippen LogP contribution in [0.5, 0.6) is 0 Å². The Balaban J connectivity index is 3.09. The molecule has 0 spiro atoms. The number of hydrogen-bond donors (Lipinski definition) is 0. The van der Waals surface area contributed by atoms with Gasteiger partial charge in [0.25, 0.3) is 0 Å². The SMILES string of the molecule is CCCCCCCCCCCCCCCCCCCCCCCCCC=NCCCCCCCCCCCCCCCCCCCCCCCCC. The average Bonchev–Trinajstić information content (AvgIpc) is 3.16. The molecule has 0 atom stereocenters. The zero-order valence-electron chi connectivity index (χ0n) is 37.0. The maximum absolute atomic E-state index is 4.70. The molecule has 0 aliphatic heterocycles. The van der Waals surface area contributed by atoms with E-state index in [9.17, 15) is 0 Å². The summed E-state index contributed by atoms with van der Waals surface area (Å²) in [5.74, 6) is 0. The molecule has 0 saturated carbocycles. The molecule has 0 fully saturated rings. The molecule has 52 heavy (non-hydrogen) atoms. The van der Waals surface area contributed by atoms with Gasteiger partial charge in [-0.2, -0.15) is 0 Å². The molecule has 0 aromatic carbocycles. The van der Waals surface area contributed by atoms with E-state index in [1.165, 1.54) is 302 Å². The fourth-order valence-electron chi connectivity index (χ4n) is 8.19. The first-order chi connectivity index (χ1) is 25.9. The molecule has 0 N–H and O–H groups in total. The molecular weight excluding hydrogens is 627 g/mol. The van der Waals surface area contributed by atoms with Gasteiger partial charge in [-0.15, -0.1) is 0 Å². The third-order valence-corrected chi connectivity index (χ3v) is 12.0. The van der Waals surface area contributed by atoms with Crippen molar-refractivity contribution in [1.29, 1.82) is 0 Å². The number of aliphatic imine (C=N–C) groups is 1. The first-order valence-corrected chi connectivity index (χ1v) is 25.4. The molecular formula is C51H103N. The van der Waals surface area contributed by atoms with Crippen LogP contribution in [0.3, 0.4) is 0 Å². The van der Waals surface area contributed by atoms with Crippen LogP contribution in [-0.2, 0) is 0 Å². The first kappa shape index (κ1) is 51.7. The van der Waals surface area contributed by atoms with Crippen LogP contribution in [0.1, 0.15) is 316 Å². The molecule has 0 bridgehead atoms. The summed E-state index contributed by atoms with van der Waals surface area (Å²) in [6.07, 6.45) is 70.6. The highest BCUT2D eigenvalue weighted by atomic mass is 14.7. The minimum absolute atomic E-state index is 1.07. The van der Waals surface area contributed by atoms with Crippen LogP contribution in [0, 0.1) is 0 Å². The molecule has 0 unspecified atom stereocenters. The Labute approximate surface area is 332 Å². The van der Waals surface area contributed by atoms with Crippen LogP contribution < -0.4 is 0 Å². The molecule has 0 aliphatic rings. The average molecular weight is 730 g/mol. The maximum atomic E-state index is 4.70. The normalized spacial score (nSPS) is 11.8. The Kier molecular flexibility index (Phi) is 50.3. The number of nitrogens with zero attached hydrogens (tertiary/aromatic N) is 1. The Morgan fingerprint density at radius 3 is 0.596 bits per heavy atom. The van der Waals surface area contributed by atoms with E-state index in [1.54, 1.807) is 0 Å². The highest BCUT2D eigenvalue weighted by molar-refractivity contribution is 5.56. The van der Waals surface area contributed by atoms with Crippen molar-refractivity contribution in [2.45, 2.75) is 316 Å². The lowest BCUT2D eigenvalue weighted by molar-refractivity contribution is 0.518. The van der Waals surface area contributed by atoms with E-state index in [1.807, 2.05) is 0 Å². The van der Waals surface area contributed by atoms with Gasteiger partial charge in [-0.1, -0.05) is 296 Å². The smallest absolute Gasteiger partial charge is 0.0385 e. The van der Waals surface area contributed by atoms with Gasteiger partial charge in [0.05, 0.1) is 0 Å². The summed E-state index contributed by atoms with van der Waals surface area (Å²) in [6, 6.07) is 0. The summed E-state index contributed by atoms with van der Waals surface area (Å²) in [5, 5.41) is 0. The van der Waals surface area contributed by atoms with Crippen molar-refractivity contribution >= 4 is 6.21 Å². The molecule has 0 rings (SSSR count). The van der Waals surface area contributed by atoms with Crippen molar-refractivity contribution in [3.05, 3.63) is 0 Å². The first-order valence-electron chi connectivity index (χ1n) is 25.4. The van der Waals surface area contributed by atoms with Crippen LogP contribution in [0.15, 0.2) is 4.99 Å². The van der Waals surface area contributed by atoms with Crippen LogP contribution in [0.25, 0.3) is 0 Å². The highest BCUT2D eigenvalue weighted by Crippen LogP contribution is 2.17. The summed E-state index contributed by atoms with van der Waals surface area (Å²) in [7, 11) is 0. The Morgan fingerprint density at radius 2 is 0.385 bits per heavy atom. The van der Waals surface area contributed by atoms with Crippen molar-refractivity contribution < 1.29 is 0 Å². The fourth-order valence-corrected chi connectivity index (χ4v) is 8.19. The van der Waals surface area contributed by atoms with Gasteiger partial charge in [-0.05, 0) is 25.5 Å². The molecule has 0 aliphatic carbocycles. The molecule has 0 aromatic heterocycles. The van der Waals surface area contributed by atoms with E-state index in [0.29, 0.717) is 0 Å². The molecule has 0 radical (unpaired) electrons. The van der Waals surface area contributed by atoms with Gasteiger partial charge in [0, 0.05) is 6.54 Å². The van der Waals surface area contributed by atoms with Gasteiger partial charge in [0.1, 0.15) is 0 Å². The van der Waals surface area contributed by atoms with E-state index in [-0.39, 0.29) is 0 Å². The van der Waals surface area contributed by atoms with E-state index >= 15 is 0 Å². The third-order valence-electron chi connectivity index (χ3n) is 12.0. The molecule has 1 heteroatoms. The van der Waals surface area contributed by atoms with Gasteiger partial charge < -0.3 is 0 Å². The highest BCUT2D eigenvalue weighted by Gasteiger charge is 1.98. The Morgan fingerprint density at radius 1 is 0.212 bits per heavy atom. The lowest BCUT2D eigenvalue weighted by Gasteiger charge is -2.04. The van der Waals surface area contributed by atoms with Crippen molar-refractivity contribution in [3.63, 3.8) is 0 Å². The lowest BCUT2D eigenvalue weighted by atomic mass is 10.0. The van der Waals surface area contributed by atoms with E-state index in [2.05, 4.69) is 20.1 Å². The summed E-state index contributed by atoms with van der Waals surface area (Å²) in [5.41, 5.74) is 0. The molecule has 0 heterocycles. The molecule has 0 amide bonds. The second-order valence-electron chi connectivity index (χ2n) is 17.4. The van der Waals surface area contributed by atoms with Gasteiger partial charge in [-0.3, -0.25) is 4.99 Å². The van der Waals surface area contributed by atoms with Gasteiger partial charge in [0.15, 0.2) is 0 Å². The van der Waals surface area contributed by atoms with Gasteiger partial charge in [0.2, 0.25) is 0 Å². The standard InChI is InChI=1S/C51H103N/c1-3-5-7-9-11-13-15-17-19-21-23-25-27-29-31-33-35-37-39-41-43-45-47-49-51-52-50-48-46-44-42-40-38-36-34-32-30-28-26-24-22-20-18-16-14-12-10-8-6-4-2/h51H,3-50H2,1-2H3. The van der Waals surface area contributed by atoms with Crippen LogP contribution in [-0.4, -0.2) is 12.8 Å². The van der Waals surface area contributed by atoms with Gasteiger partial charge in [-0.25, -0.2) is 0 Å². The Bertz CT molecular complexity index is 558. The summed E-state index contributed by atoms with van der Waals surface area (Å²) in [4.78, 5) is 4.70. The minimum Gasteiger partial charge on any atom is -0.298 e. The second kappa shape index (κ2) is 50.7. The third kappa shape index (κ3) is 49.7. The maximum Gasteiger partial charge on any atom is 0.0385 e.